The molecule has 0 spiro atoms. The summed E-state index contributed by atoms with van der Waals surface area (Å²) in [7, 11) is 0. The lowest BCUT2D eigenvalue weighted by molar-refractivity contribution is -0.138. The monoisotopic (exact) mass is 393 g/mol. The molecule has 2 aliphatic heterocycles. The van der Waals surface area contributed by atoms with Crippen LogP contribution in [-0.2, 0) is 9.53 Å². The number of hydrogen-bond acceptors (Lipinski definition) is 6. The Morgan fingerprint density at radius 3 is 3.10 bits per heavy atom. The molecule has 0 aliphatic carbocycles. The first-order chi connectivity index (χ1) is 14.2. The topological polar surface area (TPSA) is 90.3 Å². The molecule has 2 N–H and O–H groups in total. The highest BCUT2D eigenvalue weighted by Gasteiger charge is 2.32. The zero-order valence-corrected chi connectivity index (χ0v) is 16.7. The van der Waals surface area contributed by atoms with Crippen molar-refractivity contribution in [2.45, 2.75) is 44.4 Å². The Hall–Kier alpha value is -2.69. The van der Waals surface area contributed by atoms with Gasteiger partial charge in [0.1, 0.15) is 6.07 Å². The van der Waals surface area contributed by atoms with E-state index < -0.39 is 6.10 Å². The normalized spacial score (nSPS) is 25.2. The van der Waals surface area contributed by atoms with Gasteiger partial charge in [0.25, 0.3) is 5.91 Å². The third-order valence-electron chi connectivity index (χ3n) is 5.65. The van der Waals surface area contributed by atoms with E-state index in [1.165, 1.54) is 0 Å². The summed E-state index contributed by atoms with van der Waals surface area (Å²) in [5, 5.41) is 16.9. The Morgan fingerprint density at radius 2 is 2.24 bits per heavy atom. The number of pyridine rings is 1. The van der Waals surface area contributed by atoms with E-state index in [4.69, 9.17) is 4.74 Å². The third kappa shape index (κ3) is 4.34. The molecule has 4 rings (SSSR count). The lowest BCUT2D eigenvalue weighted by atomic mass is 10.1. The second-order valence-electron chi connectivity index (χ2n) is 7.89. The molecule has 1 aromatic heterocycles. The molecule has 1 amide bonds. The van der Waals surface area contributed by atoms with Crippen LogP contribution in [0.3, 0.4) is 0 Å². The summed E-state index contributed by atoms with van der Waals surface area (Å²) in [6, 6.07) is 9.97. The molecule has 3 atom stereocenters. The summed E-state index contributed by atoms with van der Waals surface area (Å²) in [5.74, 6) is -0.0497. The minimum absolute atomic E-state index is 0.0497. The van der Waals surface area contributed by atoms with E-state index in [1.807, 2.05) is 25.1 Å². The first kappa shape index (κ1) is 19.6. The minimum atomic E-state index is -0.524. The van der Waals surface area contributed by atoms with Crippen LogP contribution < -0.4 is 15.5 Å². The number of amides is 1. The van der Waals surface area contributed by atoms with Crippen molar-refractivity contribution >= 4 is 22.5 Å². The van der Waals surface area contributed by atoms with Crippen molar-refractivity contribution in [2.24, 2.45) is 0 Å². The lowest BCUT2D eigenvalue weighted by Gasteiger charge is -2.38. The summed E-state index contributed by atoms with van der Waals surface area (Å²) in [4.78, 5) is 19.5. The standard InChI is InChI=1S/C22H27N5O2/c1-15-13-27(19-8-7-16(11-23)21-18(19)6-4-10-25-21)14-20(29-15)22(28)26-17-5-2-3-9-24-12-17/h4,6-8,10,15,17,20,24H,2-3,5,9,12-14H2,1H3,(H,26,28)/t15-,17?,20-/m1/s1. The van der Waals surface area contributed by atoms with Crippen molar-refractivity contribution in [3.63, 3.8) is 0 Å². The molecule has 3 heterocycles. The summed E-state index contributed by atoms with van der Waals surface area (Å²) >= 11 is 0. The number of ether oxygens (including phenoxy) is 1. The summed E-state index contributed by atoms with van der Waals surface area (Å²) in [5.41, 5.74) is 2.23. The smallest absolute Gasteiger partial charge is 0.251 e. The molecule has 0 saturated carbocycles. The van der Waals surface area contributed by atoms with Crippen LogP contribution in [0.25, 0.3) is 10.9 Å². The molecule has 7 nitrogen and oxygen atoms in total. The second kappa shape index (κ2) is 8.76. The number of rotatable bonds is 3. The third-order valence-corrected chi connectivity index (χ3v) is 5.65. The Balaban J connectivity index is 1.54. The van der Waals surface area contributed by atoms with E-state index >= 15 is 0 Å². The van der Waals surface area contributed by atoms with Gasteiger partial charge in [0.2, 0.25) is 0 Å². The number of nitrogens with one attached hydrogen (secondary N) is 2. The predicted octanol–water partition coefficient (Wildman–Crippen LogP) is 1.96. The first-order valence-electron chi connectivity index (χ1n) is 10.3. The van der Waals surface area contributed by atoms with Gasteiger partial charge in [0.15, 0.2) is 6.10 Å². The molecule has 2 saturated heterocycles. The summed E-state index contributed by atoms with van der Waals surface area (Å²) in [6.07, 6.45) is 4.37. The van der Waals surface area contributed by atoms with Gasteiger partial charge in [-0.25, -0.2) is 0 Å². The largest absolute Gasteiger partial charge is 0.365 e. The Morgan fingerprint density at radius 1 is 1.34 bits per heavy atom. The molecule has 7 heteroatoms. The molecule has 0 bridgehead atoms. The maximum Gasteiger partial charge on any atom is 0.251 e. The van der Waals surface area contributed by atoms with Gasteiger partial charge in [0.05, 0.1) is 23.7 Å². The highest BCUT2D eigenvalue weighted by Crippen LogP contribution is 2.30. The summed E-state index contributed by atoms with van der Waals surface area (Å²) in [6.45, 7) is 4.97. The Bertz CT molecular complexity index is 917. The molecule has 1 aromatic carbocycles. The zero-order valence-electron chi connectivity index (χ0n) is 16.7. The van der Waals surface area contributed by atoms with Crippen molar-refractivity contribution in [1.82, 2.24) is 15.6 Å². The number of carbonyl (C=O) groups excluding carboxylic acids is 1. The molecule has 1 unspecified atom stereocenters. The second-order valence-corrected chi connectivity index (χ2v) is 7.89. The van der Waals surface area contributed by atoms with Gasteiger partial charge in [-0.2, -0.15) is 5.26 Å². The molecule has 0 radical (unpaired) electrons. The van der Waals surface area contributed by atoms with Crippen molar-refractivity contribution in [3.05, 3.63) is 36.0 Å². The van der Waals surface area contributed by atoms with Gasteiger partial charge >= 0.3 is 0 Å². The van der Waals surface area contributed by atoms with Crippen molar-refractivity contribution < 1.29 is 9.53 Å². The maximum absolute atomic E-state index is 12.9. The fraction of sp³-hybridized carbons (Fsp3) is 0.500. The number of anilines is 1. The van der Waals surface area contributed by atoms with Gasteiger partial charge in [-0.05, 0) is 50.6 Å². The number of aromatic nitrogens is 1. The average Bonchev–Trinajstić information content (AvgIpc) is 3.01. The Labute approximate surface area is 171 Å². The summed E-state index contributed by atoms with van der Waals surface area (Å²) < 4.78 is 5.99. The number of benzene rings is 1. The highest BCUT2D eigenvalue weighted by atomic mass is 16.5. The van der Waals surface area contributed by atoms with Gasteiger partial charge < -0.3 is 20.3 Å². The van der Waals surface area contributed by atoms with Crippen LogP contribution in [0.2, 0.25) is 0 Å². The number of nitriles is 1. The van der Waals surface area contributed by atoms with Crippen LogP contribution in [0.15, 0.2) is 30.5 Å². The number of nitrogens with zero attached hydrogens (tertiary/aromatic N) is 3. The SMILES string of the molecule is C[C@@H]1CN(c2ccc(C#N)c3ncccc23)C[C@H](C(=O)NC2CCCCNC2)O1. The molecule has 29 heavy (non-hydrogen) atoms. The zero-order chi connectivity index (χ0) is 20.2. The highest BCUT2D eigenvalue weighted by molar-refractivity contribution is 5.95. The average molecular weight is 393 g/mol. The first-order valence-corrected chi connectivity index (χ1v) is 10.3. The van der Waals surface area contributed by atoms with Gasteiger partial charge in [-0.3, -0.25) is 9.78 Å². The van der Waals surface area contributed by atoms with Crippen LogP contribution in [0.5, 0.6) is 0 Å². The van der Waals surface area contributed by atoms with E-state index in [9.17, 15) is 10.1 Å². The van der Waals surface area contributed by atoms with Crippen LogP contribution in [0, 0.1) is 11.3 Å². The fourth-order valence-electron chi connectivity index (χ4n) is 4.25. The van der Waals surface area contributed by atoms with E-state index in [1.54, 1.807) is 12.3 Å². The van der Waals surface area contributed by atoms with E-state index in [0.717, 1.165) is 43.4 Å². The molecule has 152 valence electrons. The predicted molar refractivity (Wildman–Crippen MR) is 112 cm³/mol. The van der Waals surface area contributed by atoms with Crippen LogP contribution in [0.4, 0.5) is 5.69 Å². The molecule has 2 fully saturated rings. The van der Waals surface area contributed by atoms with E-state index in [0.29, 0.717) is 24.2 Å². The van der Waals surface area contributed by atoms with Gasteiger partial charge in [0, 0.05) is 36.4 Å². The fourth-order valence-corrected chi connectivity index (χ4v) is 4.25. The number of hydrogen-bond donors (Lipinski definition) is 2. The van der Waals surface area contributed by atoms with Crippen LogP contribution in [-0.4, -0.2) is 55.3 Å². The van der Waals surface area contributed by atoms with Crippen LogP contribution in [0.1, 0.15) is 31.7 Å². The quantitative estimate of drug-likeness (QED) is 0.829. The minimum Gasteiger partial charge on any atom is -0.365 e. The molecule has 2 aromatic rings. The van der Waals surface area contributed by atoms with Crippen molar-refractivity contribution in [2.75, 3.05) is 31.1 Å². The van der Waals surface area contributed by atoms with Crippen molar-refractivity contribution in [1.29, 1.82) is 5.26 Å². The molecular formula is C22H27N5O2. The number of fused-ring (bicyclic) bond motifs is 1. The maximum atomic E-state index is 12.9. The molecule has 2 aliphatic rings. The Kier molecular flexibility index (Phi) is 5.93. The molecular weight excluding hydrogens is 366 g/mol. The van der Waals surface area contributed by atoms with Crippen molar-refractivity contribution in [3.8, 4) is 6.07 Å². The van der Waals surface area contributed by atoms with E-state index in [2.05, 4.69) is 26.6 Å². The lowest BCUT2D eigenvalue weighted by Crippen LogP contribution is -2.55. The van der Waals surface area contributed by atoms with Crippen LogP contribution >= 0.6 is 0 Å². The van der Waals surface area contributed by atoms with Gasteiger partial charge in [-0.15, -0.1) is 0 Å². The number of morpholine rings is 1. The number of carbonyl (C=O) groups is 1. The van der Waals surface area contributed by atoms with Gasteiger partial charge in [-0.1, -0.05) is 6.42 Å². The van der Waals surface area contributed by atoms with E-state index in [-0.39, 0.29) is 18.1 Å².